The molecule has 160 valence electrons. The number of carbonyl (C=O) groups is 2. The fraction of sp³-hybridized carbons (Fsp3) is 0.375. The van der Waals surface area contributed by atoms with Crippen LogP contribution in [0.3, 0.4) is 0 Å². The Kier molecular flexibility index (Phi) is 4.96. The van der Waals surface area contributed by atoms with Crippen molar-refractivity contribution in [3.05, 3.63) is 53.8 Å². The van der Waals surface area contributed by atoms with Crippen molar-refractivity contribution < 1.29 is 18.4 Å². The number of para-hydroxylation sites is 1. The summed E-state index contributed by atoms with van der Waals surface area (Å²) >= 11 is 0. The summed E-state index contributed by atoms with van der Waals surface area (Å²) < 4.78 is 19.4. The predicted molar refractivity (Wildman–Crippen MR) is 114 cm³/mol. The molecular weight excluding hydrogens is 397 g/mol. The number of rotatable bonds is 5. The number of carbonyl (C=O) groups excluding carboxylic acids is 2. The number of fused-ring (bicyclic) bond motifs is 1. The van der Waals surface area contributed by atoms with Gasteiger partial charge in [-0.05, 0) is 68.5 Å². The van der Waals surface area contributed by atoms with Crippen LogP contribution in [-0.4, -0.2) is 40.8 Å². The fourth-order valence-corrected chi connectivity index (χ4v) is 4.27. The maximum atomic E-state index is 13.9. The van der Waals surface area contributed by atoms with Crippen LogP contribution < -0.4 is 5.32 Å². The molecule has 6 nitrogen and oxygen atoms in total. The summed E-state index contributed by atoms with van der Waals surface area (Å²) in [6, 6.07) is 11.9. The van der Waals surface area contributed by atoms with Gasteiger partial charge in [-0.2, -0.15) is 0 Å². The highest BCUT2D eigenvalue weighted by molar-refractivity contribution is 5.94. The van der Waals surface area contributed by atoms with E-state index in [2.05, 4.69) is 10.3 Å². The first-order valence-corrected chi connectivity index (χ1v) is 10.7. The molecule has 2 aliphatic rings. The highest BCUT2D eigenvalue weighted by atomic mass is 19.1. The number of nitrogens with zero attached hydrogens (tertiary/aromatic N) is 2. The minimum atomic E-state index is -0.451. The van der Waals surface area contributed by atoms with Crippen molar-refractivity contribution in [3.63, 3.8) is 0 Å². The third-order valence-electron chi connectivity index (χ3n) is 6.31. The molecule has 2 aliphatic carbocycles. The number of oxazole rings is 1. The Morgan fingerprint density at radius 1 is 1.10 bits per heavy atom. The SMILES string of the molecule is CN(C(=O)c1ccc(-c2nc3cccc(F)c3o2)cc1)C1CCC(NC(=O)C2CC2)C1. The second-order valence-electron chi connectivity index (χ2n) is 8.55. The Labute approximate surface area is 179 Å². The second-order valence-corrected chi connectivity index (χ2v) is 8.55. The molecule has 2 fully saturated rings. The lowest BCUT2D eigenvalue weighted by Crippen LogP contribution is -2.38. The maximum Gasteiger partial charge on any atom is 0.253 e. The number of hydrogen-bond donors (Lipinski definition) is 1. The number of nitrogens with one attached hydrogen (secondary N) is 1. The van der Waals surface area contributed by atoms with Gasteiger partial charge in [-0.15, -0.1) is 0 Å². The van der Waals surface area contributed by atoms with Crippen molar-refractivity contribution in [2.24, 2.45) is 5.92 Å². The van der Waals surface area contributed by atoms with Crippen LogP contribution in [0.2, 0.25) is 0 Å². The molecule has 1 heterocycles. The minimum absolute atomic E-state index is 0.0608. The van der Waals surface area contributed by atoms with Crippen LogP contribution in [0, 0.1) is 11.7 Å². The summed E-state index contributed by atoms with van der Waals surface area (Å²) in [6.07, 6.45) is 4.55. The van der Waals surface area contributed by atoms with Gasteiger partial charge in [-0.1, -0.05) is 6.07 Å². The molecule has 0 saturated heterocycles. The van der Waals surface area contributed by atoms with Crippen molar-refractivity contribution >= 4 is 22.9 Å². The molecule has 7 heteroatoms. The molecule has 3 aromatic rings. The van der Waals surface area contributed by atoms with Gasteiger partial charge in [0.25, 0.3) is 5.91 Å². The molecule has 1 aromatic heterocycles. The largest absolute Gasteiger partial charge is 0.433 e. The van der Waals surface area contributed by atoms with Crippen LogP contribution in [0.25, 0.3) is 22.6 Å². The average Bonchev–Trinajstić information content (AvgIpc) is 3.38. The molecule has 5 rings (SSSR count). The summed E-state index contributed by atoms with van der Waals surface area (Å²) in [4.78, 5) is 31.1. The highest BCUT2D eigenvalue weighted by Crippen LogP contribution is 2.31. The summed E-state index contributed by atoms with van der Waals surface area (Å²) in [7, 11) is 1.82. The Morgan fingerprint density at radius 3 is 2.58 bits per heavy atom. The molecule has 0 aliphatic heterocycles. The molecule has 0 spiro atoms. The Bertz CT molecular complexity index is 1140. The average molecular weight is 421 g/mol. The van der Waals surface area contributed by atoms with E-state index in [4.69, 9.17) is 4.42 Å². The monoisotopic (exact) mass is 421 g/mol. The van der Waals surface area contributed by atoms with Gasteiger partial charge in [0.1, 0.15) is 5.52 Å². The smallest absolute Gasteiger partial charge is 0.253 e. The number of amides is 2. The van der Waals surface area contributed by atoms with E-state index in [9.17, 15) is 14.0 Å². The van der Waals surface area contributed by atoms with Gasteiger partial charge in [0, 0.05) is 36.2 Å². The maximum absolute atomic E-state index is 13.9. The van der Waals surface area contributed by atoms with Crippen molar-refractivity contribution in [3.8, 4) is 11.5 Å². The number of hydrogen-bond acceptors (Lipinski definition) is 4. The molecular formula is C24H24FN3O3. The molecule has 31 heavy (non-hydrogen) atoms. The second kappa shape index (κ2) is 7.80. The first kappa shape index (κ1) is 19.7. The van der Waals surface area contributed by atoms with Gasteiger partial charge >= 0.3 is 0 Å². The van der Waals surface area contributed by atoms with E-state index in [0.717, 1.165) is 32.1 Å². The van der Waals surface area contributed by atoms with Crippen LogP contribution in [0.4, 0.5) is 4.39 Å². The summed E-state index contributed by atoms with van der Waals surface area (Å²) in [5.74, 6) is 0.170. The zero-order chi connectivity index (χ0) is 21.5. The molecule has 2 amide bonds. The van der Waals surface area contributed by atoms with Gasteiger partial charge in [-0.25, -0.2) is 9.37 Å². The van der Waals surface area contributed by atoms with Gasteiger partial charge in [0.2, 0.25) is 11.8 Å². The van der Waals surface area contributed by atoms with E-state index in [0.29, 0.717) is 22.5 Å². The lowest BCUT2D eigenvalue weighted by molar-refractivity contribution is -0.122. The van der Waals surface area contributed by atoms with Crippen molar-refractivity contribution in [2.45, 2.75) is 44.2 Å². The number of halogens is 1. The Hall–Kier alpha value is -3.22. The number of benzene rings is 2. The molecule has 0 radical (unpaired) electrons. The molecule has 0 bridgehead atoms. The van der Waals surface area contributed by atoms with Gasteiger partial charge < -0.3 is 14.6 Å². The lowest BCUT2D eigenvalue weighted by Gasteiger charge is -2.25. The first-order valence-electron chi connectivity index (χ1n) is 10.7. The zero-order valence-corrected chi connectivity index (χ0v) is 17.3. The molecule has 1 N–H and O–H groups in total. The van der Waals surface area contributed by atoms with Crippen molar-refractivity contribution in [1.82, 2.24) is 15.2 Å². The molecule has 2 saturated carbocycles. The van der Waals surface area contributed by atoms with Gasteiger partial charge in [0.15, 0.2) is 11.4 Å². The van der Waals surface area contributed by atoms with E-state index in [1.165, 1.54) is 6.07 Å². The molecule has 2 unspecified atom stereocenters. The molecule has 2 atom stereocenters. The standard InChI is InChI=1S/C24H24FN3O3/c1-28(18-12-11-17(13-18)26-22(29)14-5-6-14)24(30)16-9-7-15(8-10-16)23-27-20-4-2-3-19(25)21(20)31-23/h2-4,7-10,14,17-18H,5-6,11-13H2,1H3,(H,26,29). The van der Waals surface area contributed by atoms with E-state index in [1.54, 1.807) is 41.3 Å². The van der Waals surface area contributed by atoms with E-state index < -0.39 is 5.82 Å². The Morgan fingerprint density at radius 2 is 1.87 bits per heavy atom. The summed E-state index contributed by atoms with van der Waals surface area (Å²) in [6.45, 7) is 0. The van der Waals surface area contributed by atoms with Crippen LogP contribution in [0.15, 0.2) is 46.9 Å². The van der Waals surface area contributed by atoms with Crippen molar-refractivity contribution in [2.75, 3.05) is 7.05 Å². The predicted octanol–water partition coefficient (Wildman–Crippen LogP) is 4.15. The zero-order valence-electron chi connectivity index (χ0n) is 17.3. The third kappa shape index (κ3) is 3.92. The van der Waals surface area contributed by atoms with Crippen LogP contribution in [0.1, 0.15) is 42.5 Å². The van der Waals surface area contributed by atoms with Crippen LogP contribution in [0.5, 0.6) is 0 Å². The van der Waals surface area contributed by atoms with E-state index in [1.807, 2.05) is 7.05 Å². The minimum Gasteiger partial charge on any atom is -0.433 e. The topological polar surface area (TPSA) is 75.4 Å². The third-order valence-corrected chi connectivity index (χ3v) is 6.31. The van der Waals surface area contributed by atoms with E-state index >= 15 is 0 Å². The normalized spacial score (nSPS) is 20.7. The van der Waals surface area contributed by atoms with Crippen LogP contribution in [-0.2, 0) is 4.79 Å². The highest BCUT2D eigenvalue weighted by Gasteiger charge is 2.35. The number of aromatic nitrogens is 1. The summed E-state index contributed by atoms with van der Waals surface area (Å²) in [5.41, 5.74) is 1.83. The molecule has 2 aromatic carbocycles. The van der Waals surface area contributed by atoms with Crippen molar-refractivity contribution in [1.29, 1.82) is 0 Å². The first-order chi connectivity index (χ1) is 15.0. The van der Waals surface area contributed by atoms with Crippen LogP contribution >= 0.6 is 0 Å². The Balaban J connectivity index is 1.25. The summed E-state index contributed by atoms with van der Waals surface area (Å²) in [5, 5.41) is 3.12. The quantitative estimate of drug-likeness (QED) is 0.671. The van der Waals surface area contributed by atoms with Gasteiger partial charge in [-0.3, -0.25) is 9.59 Å². The van der Waals surface area contributed by atoms with E-state index in [-0.39, 0.29) is 35.4 Å². The fourth-order valence-electron chi connectivity index (χ4n) is 4.27. The van der Waals surface area contributed by atoms with Gasteiger partial charge in [0.05, 0.1) is 0 Å². The lowest BCUT2D eigenvalue weighted by atomic mass is 10.1.